The minimum Gasteiger partial charge on any atom is -0.391 e. The number of unbranched alkanes of at least 4 members (excludes halogenated alkanes) is 2. The molecule has 14 heavy (non-hydrogen) atoms. The van der Waals surface area contributed by atoms with Crippen LogP contribution < -0.4 is 0 Å². The first kappa shape index (κ1) is 12.0. The normalized spacial score (nSPS) is 27.9. The Kier molecular flexibility index (Phi) is 4.39. The van der Waals surface area contributed by atoms with Gasteiger partial charge in [0.1, 0.15) is 0 Å². The first-order valence-electron chi connectivity index (χ1n) is 6.02. The zero-order valence-corrected chi connectivity index (χ0v) is 9.92. The van der Waals surface area contributed by atoms with Gasteiger partial charge in [-0.05, 0) is 46.2 Å². The molecule has 0 aromatic heterocycles. The predicted octanol–water partition coefficient (Wildman–Crippen LogP) is 2.41. The Labute approximate surface area is 88.3 Å². The third kappa shape index (κ3) is 2.71. The molecule has 0 saturated carbocycles. The molecule has 0 aromatic rings. The van der Waals surface area contributed by atoms with E-state index in [1.54, 1.807) is 0 Å². The fraction of sp³-hybridized carbons (Fsp3) is 1.00. The molecule has 84 valence electrons. The smallest absolute Gasteiger partial charge is 0.0718 e. The van der Waals surface area contributed by atoms with Crippen LogP contribution in [0.5, 0.6) is 0 Å². The summed E-state index contributed by atoms with van der Waals surface area (Å²) < 4.78 is 0. The van der Waals surface area contributed by atoms with Crippen LogP contribution in [0, 0.1) is 0 Å². The minimum absolute atomic E-state index is 0.00795. The molecule has 1 unspecified atom stereocenters. The van der Waals surface area contributed by atoms with Gasteiger partial charge in [-0.25, -0.2) is 0 Å². The molecule has 0 spiro atoms. The number of hydrogen-bond acceptors (Lipinski definition) is 2. The Hall–Kier alpha value is -0.0800. The van der Waals surface area contributed by atoms with Crippen molar-refractivity contribution in [3.05, 3.63) is 0 Å². The average Bonchev–Trinajstić information content (AvgIpc) is 2.13. The summed E-state index contributed by atoms with van der Waals surface area (Å²) >= 11 is 0. The van der Waals surface area contributed by atoms with Crippen LogP contribution in [0.15, 0.2) is 0 Å². The molecule has 0 radical (unpaired) electrons. The molecule has 1 atom stereocenters. The van der Waals surface area contributed by atoms with Crippen molar-refractivity contribution in [1.29, 1.82) is 0 Å². The summed E-state index contributed by atoms with van der Waals surface area (Å²) in [5, 5.41) is 9.92. The molecular formula is C12H25NO. The van der Waals surface area contributed by atoms with Crippen LogP contribution in [0.25, 0.3) is 0 Å². The Balaban J connectivity index is 2.41. The van der Waals surface area contributed by atoms with Gasteiger partial charge < -0.3 is 5.11 Å². The van der Waals surface area contributed by atoms with Crippen LogP contribution in [0.2, 0.25) is 0 Å². The Morgan fingerprint density at radius 1 is 1.36 bits per heavy atom. The van der Waals surface area contributed by atoms with Gasteiger partial charge in [0, 0.05) is 5.54 Å². The van der Waals surface area contributed by atoms with Gasteiger partial charge in [-0.15, -0.1) is 0 Å². The van der Waals surface area contributed by atoms with Gasteiger partial charge >= 0.3 is 0 Å². The Morgan fingerprint density at radius 2 is 2.07 bits per heavy atom. The second-order valence-corrected chi connectivity index (χ2v) is 5.01. The predicted molar refractivity (Wildman–Crippen MR) is 60.4 cm³/mol. The van der Waals surface area contributed by atoms with Crippen molar-refractivity contribution < 1.29 is 5.11 Å². The summed E-state index contributed by atoms with van der Waals surface area (Å²) in [5.41, 5.74) is -0.00795. The van der Waals surface area contributed by atoms with E-state index >= 15 is 0 Å². The minimum atomic E-state index is -0.141. The van der Waals surface area contributed by atoms with Gasteiger partial charge in [0.25, 0.3) is 0 Å². The number of likely N-dealkylation sites (tertiary alicyclic amines) is 1. The molecule has 0 aromatic carbocycles. The zero-order chi connectivity index (χ0) is 10.6. The molecule has 1 N–H and O–H groups in total. The number of piperidine rings is 1. The lowest BCUT2D eigenvalue weighted by Gasteiger charge is -2.46. The van der Waals surface area contributed by atoms with Crippen molar-refractivity contribution in [2.45, 2.75) is 64.5 Å². The topological polar surface area (TPSA) is 23.5 Å². The van der Waals surface area contributed by atoms with Crippen LogP contribution >= 0.6 is 0 Å². The average molecular weight is 199 g/mol. The van der Waals surface area contributed by atoms with Crippen molar-refractivity contribution >= 4 is 0 Å². The highest BCUT2D eigenvalue weighted by Crippen LogP contribution is 2.27. The van der Waals surface area contributed by atoms with Crippen molar-refractivity contribution in [2.75, 3.05) is 13.1 Å². The van der Waals surface area contributed by atoms with E-state index in [0.29, 0.717) is 0 Å². The molecule has 1 aliphatic heterocycles. The van der Waals surface area contributed by atoms with Gasteiger partial charge in [0.2, 0.25) is 0 Å². The van der Waals surface area contributed by atoms with Gasteiger partial charge in [0.05, 0.1) is 6.10 Å². The van der Waals surface area contributed by atoms with E-state index in [1.807, 2.05) is 0 Å². The molecule has 0 amide bonds. The van der Waals surface area contributed by atoms with Gasteiger partial charge in [-0.3, -0.25) is 4.90 Å². The molecule has 0 bridgehead atoms. The zero-order valence-electron chi connectivity index (χ0n) is 9.92. The number of hydrogen-bond donors (Lipinski definition) is 1. The van der Waals surface area contributed by atoms with E-state index in [9.17, 15) is 5.11 Å². The second kappa shape index (κ2) is 5.13. The number of aliphatic hydroxyl groups excluding tert-OH is 1. The summed E-state index contributed by atoms with van der Waals surface area (Å²) in [6.45, 7) is 8.88. The van der Waals surface area contributed by atoms with Crippen molar-refractivity contribution in [1.82, 2.24) is 4.90 Å². The van der Waals surface area contributed by atoms with E-state index < -0.39 is 0 Å². The third-order valence-corrected chi connectivity index (χ3v) is 3.57. The Morgan fingerprint density at radius 3 is 2.71 bits per heavy atom. The maximum absolute atomic E-state index is 9.92. The third-order valence-electron chi connectivity index (χ3n) is 3.57. The van der Waals surface area contributed by atoms with Crippen molar-refractivity contribution in [2.24, 2.45) is 0 Å². The van der Waals surface area contributed by atoms with E-state index in [-0.39, 0.29) is 11.6 Å². The number of rotatable bonds is 4. The monoisotopic (exact) mass is 199 g/mol. The SMILES string of the molecule is CCCCCN1CCCC(O)C1(C)C. The molecular weight excluding hydrogens is 174 g/mol. The highest BCUT2D eigenvalue weighted by Gasteiger charge is 2.36. The Bertz CT molecular complexity index is 168. The number of nitrogens with zero attached hydrogens (tertiary/aromatic N) is 1. The van der Waals surface area contributed by atoms with Crippen molar-refractivity contribution in [3.8, 4) is 0 Å². The lowest BCUT2D eigenvalue weighted by atomic mass is 9.87. The van der Waals surface area contributed by atoms with E-state index in [0.717, 1.165) is 25.9 Å². The summed E-state index contributed by atoms with van der Waals surface area (Å²) in [5.74, 6) is 0. The number of aliphatic hydroxyl groups is 1. The molecule has 0 aliphatic carbocycles. The molecule has 1 fully saturated rings. The van der Waals surface area contributed by atoms with Gasteiger partial charge in [-0.2, -0.15) is 0 Å². The fourth-order valence-corrected chi connectivity index (χ4v) is 2.28. The summed E-state index contributed by atoms with van der Waals surface area (Å²) in [6, 6.07) is 0. The molecule has 1 heterocycles. The maximum Gasteiger partial charge on any atom is 0.0718 e. The fourth-order valence-electron chi connectivity index (χ4n) is 2.28. The maximum atomic E-state index is 9.92. The lowest BCUT2D eigenvalue weighted by molar-refractivity contribution is -0.0440. The molecule has 2 nitrogen and oxygen atoms in total. The highest BCUT2D eigenvalue weighted by molar-refractivity contribution is 4.92. The largest absolute Gasteiger partial charge is 0.391 e. The van der Waals surface area contributed by atoms with Crippen LogP contribution in [-0.2, 0) is 0 Å². The molecule has 2 heteroatoms. The summed E-state index contributed by atoms with van der Waals surface area (Å²) in [4.78, 5) is 2.46. The van der Waals surface area contributed by atoms with Crippen LogP contribution in [0.3, 0.4) is 0 Å². The molecule has 1 aliphatic rings. The van der Waals surface area contributed by atoms with E-state index in [4.69, 9.17) is 0 Å². The van der Waals surface area contributed by atoms with Crippen molar-refractivity contribution in [3.63, 3.8) is 0 Å². The van der Waals surface area contributed by atoms with Gasteiger partial charge in [-0.1, -0.05) is 19.8 Å². The second-order valence-electron chi connectivity index (χ2n) is 5.01. The first-order chi connectivity index (χ1) is 6.59. The van der Waals surface area contributed by atoms with E-state index in [1.165, 1.54) is 19.3 Å². The molecule has 1 rings (SSSR count). The molecule has 1 saturated heterocycles. The first-order valence-corrected chi connectivity index (χ1v) is 6.02. The quantitative estimate of drug-likeness (QED) is 0.703. The highest BCUT2D eigenvalue weighted by atomic mass is 16.3. The van der Waals surface area contributed by atoms with E-state index in [2.05, 4.69) is 25.7 Å². The van der Waals surface area contributed by atoms with Crippen LogP contribution in [0.1, 0.15) is 52.9 Å². The summed E-state index contributed by atoms with van der Waals surface area (Å²) in [7, 11) is 0. The standard InChI is InChI=1S/C12H25NO/c1-4-5-6-9-13-10-7-8-11(14)12(13,2)3/h11,14H,4-10H2,1-3H3. The summed E-state index contributed by atoms with van der Waals surface area (Å²) in [6.07, 6.45) is 5.83. The van der Waals surface area contributed by atoms with Crippen LogP contribution in [0.4, 0.5) is 0 Å². The lowest BCUT2D eigenvalue weighted by Crippen LogP contribution is -2.56. The van der Waals surface area contributed by atoms with Gasteiger partial charge in [0.15, 0.2) is 0 Å². The van der Waals surface area contributed by atoms with Crippen LogP contribution in [-0.4, -0.2) is 34.7 Å².